The summed E-state index contributed by atoms with van der Waals surface area (Å²) in [5.74, 6) is 2.22. The van der Waals surface area contributed by atoms with Gasteiger partial charge in [-0.25, -0.2) is 0 Å². The second kappa shape index (κ2) is 8.18. The minimum atomic E-state index is 0.410. The molecule has 0 aliphatic heterocycles. The third-order valence-electron chi connectivity index (χ3n) is 3.99. The van der Waals surface area contributed by atoms with Gasteiger partial charge in [0.2, 0.25) is 0 Å². The highest BCUT2D eigenvalue weighted by Crippen LogP contribution is 2.29. The normalized spacial score (nSPS) is 10.8. The lowest BCUT2D eigenvalue weighted by Gasteiger charge is -2.12. The molecule has 0 bridgehead atoms. The maximum absolute atomic E-state index is 5.91. The highest BCUT2D eigenvalue weighted by Gasteiger charge is 2.12. The molecule has 0 atom stereocenters. The molecule has 132 valence electrons. The van der Waals surface area contributed by atoms with E-state index in [0.717, 1.165) is 41.4 Å². The monoisotopic (exact) mass is 358 g/mol. The fourth-order valence-electron chi connectivity index (χ4n) is 2.54. The molecule has 1 aromatic carbocycles. The van der Waals surface area contributed by atoms with E-state index in [9.17, 15) is 0 Å². The van der Waals surface area contributed by atoms with Gasteiger partial charge in [0.15, 0.2) is 11.5 Å². The molecule has 0 aliphatic carbocycles. The van der Waals surface area contributed by atoms with Crippen molar-refractivity contribution in [2.75, 3.05) is 7.11 Å². The highest BCUT2D eigenvalue weighted by atomic mass is 32.1. The standard InChI is InChI=1S/C19H22N2O3S/c1-13-17(14(2)24-21-13)12-23-18-7-6-15(9-19(18)22-3)10-20-11-16-5-4-8-25-16/h4-9,20H,10-12H2,1-3H3. The Kier molecular flexibility index (Phi) is 5.73. The molecule has 6 heteroatoms. The number of benzene rings is 1. The molecule has 3 aromatic rings. The predicted molar refractivity (Wildman–Crippen MR) is 98.2 cm³/mol. The zero-order valence-electron chi connectivity index (χ0n) is 14.7. The van der Waals surface area contributed by atoms with Crippen molar-refractivity contribution in [1.82, 2.24) is 10.5 Å². The number of rotatable bonds is 8. The number of thiophene rings is 1. The number of nitrogens with one attached hydrogen (secondary N) is 1. The third kappa shape index (κ3) is 4.41. The van der Waals surface area contributed by atoms with Gasteiger partial charge in [-0.1, -0.05) is 17.3 Å². The molecule has 5 nitrogen and oxygen atoms in total. The van der Waals surface area contributed by atoms with E-state index in [1.165, 1.54) is 4.88 Å². The van der Waals surface area contributed by atoms with E-state index in [0.29, 0.717) is 12.4 Å². The predicted octanol–water partition coefficient (Wildman–Crippen LogP) is 4.23. The zero-order valence-corrected chi connectivity index (χ0v) is 15.5. The van der Waals surface area contributed by atoms with E-state index in [1.54, 1.807) is 18.4 Å². The van der Waals surface area contributed by atoms with Gasteiger partial charge in [0.25, 0.3) is 0 Å². The first-order valence-corrected chi connectivity index (χ1v) is 9.00. The van der Waals surface area contributed by atoms with E-state index in [2.05, 4.69) is 28.0 Å². The topological polar surface area (TPSA) is 56.5 Å². The van der Waals surface area contributed by atoms with Gasteiger partial charge in [-0.3, -0.25) is 0 Å². The Balaban J connectivity index is 1.61. The van der Waals surface area contributed by atoms with E-state index in [-0.39, 0.29) is 0 Å². The van der Waals surface area contributed by atoms with Crippen LogP contribution in [0.5, 0.6) is 11.5 Å². The van der Waals surface area contributed by atoms with Crippen molar-refractivity contribution in [2.45, 2.75) is 33.5 Å². The van der Waals surface area contributed by atoms with Crippen LogP contribution in [0.4, 0.5) is 0 Å². The minimum Gasteiger partial charge on any atom is -0.493 e. The highest BCUT2D eigenvalue weighted by molar-refractivity contribution is 7.09. The molecule has 0 amide bonds. The van der Waals surface area contributed by atoms with E-state index < -0.39 is 0 Å². The second-order valence-corrected chi connectivity index (χ2v) is 6.79. The molecule has 0 unspecified atom stereocenters. The number of nitrogens with zero attached hydrogens (tertiary/aromatic N) is 1. The van der Waals surface area contributed by atoms with E-state index >= 15 is 0 Å². The van der Waals surface area contributed by atoms with Crippen LogP contribution in [0.2, 0.25) is 0 Å². The van der Waals surface area contributed by atoms with Gasteiger partial charge in [-0.2, -0.15) is 0 Å². The van der Waals surface area contributed by atoms with Gasteiger partial charge in [-0.05, 0) is 43.0 Å². The maximum atomic E-state index is 5.91. The van der Waals surface area contributed by atoms with Crippen molar-refractivity contribution in [3.05, 3.63) is 63.2 Å². The largest absolute Gasteiger partial charge is 0.493 e. The van der Waals surface area contributed by atoms with Crippen LogP contribution in [-0.4, -0.2) is 12.3 Å². The Morgan fingerprint density at radius 2 is 2.04 bits per heavy atom. The molecule has 0 fully saturated rings. The molecular formula is C19H22N2O3S. The minimum absolute atomic E-state index is 0.410. The van der Waals surface area contributed by atoms with Crippen LogP contribution in [0.1, 0.15) is 27.5 Å². The lowest BCUT2D eigenvalue weighted by atomic mass is 10.2. The van der Waals surface area contributed by atoms with Gasteiger partial charge in [-0.15, -0.1) is 11.3 Å². The summed E-state index contributed by atoms with van der Waals surface area (Å²) < 4.78 is 16.6. The summed E-state index contributed by atoms with van der Waals surface area (Å²) >= 11 is 1.76. The van der Waals surface area contributed by atoms with Crippen molar-refractivity contribution < 1.29 is 14.0 Å². The van der Waals surface area contributed by atoms with Crippen LogP contribution in [0.15, 0.2) is 40.2 Å². The van der Waals surface area contributed by atoms with Gasteiger partial charge in [0.1, 0.15) is 12.4 Å². The first kappa shape index (κ1) is 17.5. The van der Waals surface area contributed by atoms with Crippen molar-refractivity contribution >= 4 is 11.3 Å². The van der Waals surface area contributed by atoms with Crippen LogP contribution in [-0.2, 0) is 19.7 Å². The molecule has 0 saturated carbocycles. The van der Waals surface area contributed by atoms with Gasteiger partial charge < -0.3 is 19.3 Å². The average molecular weight is 358 g/mol. The smallest absolute Gasteiger partial charge is 0.161 e. The van der Waals surface area contributed by atoms with Crippen LogP contribution in [0.3, 0.4) is 0 Å². The first-order valence-electron chi connectivity index (χ1n) is 8.12. The lowest BCUT2D eigenvalue weighted by Crippen LogP contribution is -2.11. The molecule has 2 heterocycles. The second-order valence-electron chi connectivity index (χ2n) is 5.76. The molecule has 25 heavy (non-hydrogen) atoms. The molecule has 0 aliphatic rings. The van der Waals surface area contributed by atoms with Crippen molar-refractivity contribution in [3.63, 3.8) is 0 Å². The lowest BCUT2D eigenvalue weighted by molar-refractivity contribution is 0.281. The Hall–Kier alpha value is -2.31. The maximum Gasteiger partial charge on any atom is 0.161 e. The van der Waals surface area contributed by atoms with Gasteiger partial charge in [0.05, 0.1) is 18.4 Å². The number of aromatic nitrogens is 1. The first-order chi connectivity index (χ1) is 12.2. The summed E-state index contributed by atoms with van der Waals surface area (Å²) in [4.78, 5) is 1.33. The number of hydrogen-bond acceptors (Lipinski definition) is 6. The fraction of sp³-hybridized carbons (Fsp3) is 0.316. The number of ether oxygens (including phenoxy) is 2. The summed E-state index contributed by atoms with van der Waals surface area (Å²) in [6.45, 7) is 5.85. The quantitative estimate of drug-likeness (QED) is 0.653. The Morgan fingerprint density at radius 1 is 1.16 bits per heavy atom. The van der Waals surface area contributed by atoms with E-state index in [1.807, 2.05) is 32.0 Å². The molecule has 0 saturated heterocycles. The fourth-order valence-corrected chi connectivity index (χ4v) is 3.22. The number of aryl methyl sites for hydroxylation is 2. The summed E-state index contributed by atoms with van der Waals surface area (Å²) in [5, 5.41) is 9.47. The molecule has 0 spiro atoms. The van der Waals surface area contributed by atoms with Crippen molar-refractivity contribution in [2.24, 2.45) is 0 Å². The summed E-state index contributed by atoms with van der Waals surface area (Å²) in [5.41, 5.74) is 2.98. The van der Waals surface area contributed by atoms with Gasteiger partial charge >= 0.3 is 0 Å². The molecule has 3 rings (SSSR count). The Bertz CT molecular complexity index is 793. The summed E-state index contributed by atoms with van der Waals surface area (Å²) in [6, 6.07) is 10.2. The van der Waals surface area contributed by atoms with Crippen LogP contribution >= 0.6 is 11.3 Å². The number of hydrogen-bond donors (Lipinski definition) is 1. The average Bonchev–Trinajstić information content (AvgIpc) is 3.24. The van der Waals surface area contributed by atoms with Gasteiger partial charge in [0, 0.05) is 18.0 Å². The molecule has 1 N–H and O–H groups in total. The summed E-state index contributed by atoms with van der Waals surface area (Å²) in [6.07, 6.45) is 0. The Labute approximate surface area is 151 Å². The van der Waals surface area contributed by atoms with E-state index in [4.69, 9.17) is 14.0 Å². The van der Waals surface area contributed by atoms with Crippen molar-refractivity contribution in [3.8, 4) is 11.5 Å². The van der Waals surface area contributed by atoms with Crippen LogP contribution in [0.25, 0.3) is 0 Å². The number of methoxy groups -OCH3 is 1. The third-order valence-corrected chi connectivity index (χ3v) is 4.87. The molecular weight excluding hydrogens is 336 g/mol. The summed E-state index contributed by atoms with van der Waals surface area (Å²) in [7, 11) is 1.65. The molecule has 2 aromatic heterocycles. The van der Waals surface area contributed by atoms with Crippen LogP contribution in [0, 0.1) is 13.8 Å². The van der Waals surface area contributed by atoms with Crippen LogP contribution < -0.4 is 14.8 Å². The van der Waals surface area contributed by atoms with Crippen molar-refractivity contribution in [1.29, 1.82) is 0 Å². The molecule has 0 radical (unpaired) electrons. The zero-order chi connectivity index (χ0) is 17.6. The SMILES string of the molecule is COc1cc(CNCc2cccs2)ccc1OCc1c(C)noc1C. The Morgan fingerprint density at radius 3 is 2.72 bits per heavy atom.